The van der Waals surface area contributed by atoms with Crippen molar-refractivity contribution in [1.82, 2.24) is 4.90 Å². The zero-order valence-electron chi connectivity index (χ0n) is 22.1. The number of thioether (sulfide) groups is 1. The highest BCUT2D eigenvalue weighted by Crippen LogP contribution is 2.42. The minimum atomic E-state index is -0.0609. The highest BCUT2D eigenvalue weighted by Gasteiger charge is 2.35. The molecule has 1 fully saturated rings. The SMILES string of the molecule is CCCN1c2cc(C)c(/C=C3/SC(=Nc4ccccc4)N(Cc4ccco4)C3=O)cc2C(C)=CC1(C)C. The van der Waals surface area contributed by atoms with Crippen LogP contribution < -0.4 is 4.90 Å². The molecule has 1 saturated heterocycles. The number of carbonyl (C=O) groups excluding carboxylic acids is 1. The molecular weight excluding hydrogens is 478 g/mol. The number of nitrogens with zero attached hydrogens (tertiary/aromatic N) is 3. The molecule has 1 amide bonds. The molecule has 190 valence electrons. The summed E-state index contributed by atoms with van der Waals surface area (Å²) in [5.74, 6) is 0.662. The highest BCUT2D eigenvalue weighted by atomic mass is 32.2. The molecule has 2 aliphatic rings. The van der Waals surface area contributed by atoms with Crippen molar-refractivity contribution in [1.29, 1.82) is 0 Å². The van der Waals surface area contributed by atoms with E-state index in [1.165, 1.54) is 28.6 Å². The van der Waals surface area contributed by atoms with Crippen LogP contribution in [0.2, 0.25) is 0 Å². The van der Waals surface area contributed by atoms with Gasteiger partial charge in [0.1, 0.15) is 5.76 Å². The fraction of sp³-hybridized carbons (Fsp3) is 0.290. The molecule has 2 aromatic carbocycles. The lowest BCUT2D eigenvalue weighted by Gasteiger charge is -2.43. The maximum absolute atomic E-state index is 13.6. The number of aliphatic imine (C=N–C) groups is 1. The average Bonchev–Trinajstić information content (AvgIpc) is 3.47. The molecule has 5 rings (SSSR count). The van der Waals surface area contributed by atoms with Crippen molar-refractivity contribution in [3.63, 3.8) is 0 Å². The fourth-order valence-electron chi connectivity index (χ4n) is 5.08. The van der Waals surface area contributed by atoms with Crippen LogP contribution in [0.15, 0.2) is 81.3 Å². The topological polar surface area (TPSA) is 49.0 Å². The minimum Gasteiger partial charge on any atom is -0.467 e. The first-order valence-corrected chi connectivity index (χ1v) is 13.6. The van der Waals surface area contributed by atoms with Crippen LogP contribution in [0.1, 0.15) is 56.6 Å². The normalized spacial score (nSPS) is 19.1. The Labute approximate surface area is 223 Å². The molecule has 0 atom stereocenters. The molecule has 0 unspecified atom stereocenters. The predicted molar refractivity (Wildman–Crippen MR) is 155 cm³/mol. The number of carbonyl (C=O) groups is 1. The highest BCUT2D eigenvalue weighted by molar-refractivity contribution is 8.18. The van der Waals surface area contributed by atoms with Crippen molar-refractivity contribution >= 4 is 45.9 Å². The second-order valence-electron chi connectivity index (χ2n) is 10.2. The third kappa shape index (κ3) is 5.03. The van der Waals surface area contributed by atoms with Gasteiger partial charge in [0.05, 0.1) is 28.9 Å². The van der Waals surface area contributed by atoms with E-state index in [-0.39, 0.29) is 11.4 Å². The van der Waals surface area contributed by atoms with Gasteiger partial charge in [0.15, 0.2) is 5.17 Å². The molecule has 0 aliphatic carbocycles. The zero-order chi connectivity index (χ0) is 26.2. The summed E-state index contributed by atoms with van der Waals surface area (Å²) in [6.45, 7) is 12.4. The molecule has 0 radical (unpaired) electrons. The first-order chi connectivity index (χ1) is 17.8. The van der Waals surface area contributed by atoms with Crippen LogP contribution in [-0.4, -0.2) is 28.1 Å². The van der Waals surface area contributed by atoms with Crippen molar-refractivity contribution in [2.45, 2.75) is 53.1 Å². The molecule has 0 bridgehead atoms. The first kappa shape index (κ1) is 25.2. The van der Waals surface area contributed by atoms with Gasteiger partial charge in [0.2, 0.25) is 0 Å². The summed E-state index contributed by atoms with van der Waals surface area (Å²) in [6, 6.07) is 18.0. The Bertz CT molecular complexity index is 1400. The van der Waals surface area contributed by atoms with E-state index in [1.807, 2.05) is 48.5 Å². The van der Waals surface area contributed by atoms with E-state index >= 15 is 0 Å². The summed E-state index contributed by atoms with van der Waals surface area (Å²) in [6.07, 6.45) is 7.08. The molecule has 37 heavy (non-hydrogen) atoms. The standard InChI is InChI=1S/C31H33N3O2S/c1-6-14-34-27-16-21(2)23(17-26(27)22(3)19-31(34,4)5)18-28-29(35)33(20-25-13-10-15-36-25)30(37-28)32-24-11-8-7-9-12-24/h7-13,15-19H,6,14,20H2,1-5H3/b28-18+,32-30?. The van der Waals surface area contributed by atoms with Gasteiger partial charge in [-0.2, -0.15) is 0 Å². The lowest BCUT2D eigenvalue weighted by Crippen LogP contribution is -2.45. The summed E-state index contributed by atoms with van der Waals surface area (Å²) in [4.78, 5) is 23.3. The maximum atomic E-state index is 13.6. The van der Waals surface area contributed by atoms with Crippen molar-refractivity contribution in [2.75, 3.05) is 11.4 Å². The van der Waals surface area contributed by atoms with E-state index in [9.17, 15) is 4.79 Å². The Morgan fingerprint density at radius 1 is 1.08 bits per heavy atom. The maximum Gasteiger partial charge on any atom is 0.267 e. The number of amides is 1. The number of hydrogen-bond donors (Lipinski definition) is 0. The Kier molecular flexibility index (Phi) is 6.86. The Balaban J connectivity index is 1.54. The quantitative estimate of drug-likeness (QED) is 0.317. The van der Waals surface area contributed by atoms with E-state index in [1.54, 1.807) is 11.2 Å². The van der Waals surface area contributed by atoms with Gasteiger partial charge in [0.25, 0.3) is 5.91 Å². The van der Waals surface area contributed by atoms with Gasteiger partial charge in [0, 0.05) is 17.8 Å². The second-order valence-corrected chi connectivity index (χ2v) is 11.2. The van der Waals surface area contributed by atoms with Crippen molar-refractivity contribution in [3.8, 4) is 0 Å². The van der Waals surface area contributed by atoms with Gasteiger partial charge in [-0.3, -0.25) is 9.69 Å². The van der Waals surface area contributed by atoms with Crippen LogP contribution in [0, 0.1) is 6.92 Å². The number of amidine groups is 1. The molecule has 0 saturated carbocycles. The molecule has 5 nitrogen and oxygen atoms in total. The summed E-state index contributed by atoms with van der Waals surface area (Å²) in [5.41, 5.74) is 6.74. The largest absolute Gasteiger partial charge is 0.467 e. The second kappa shape index (κ2) is 10.1. The summed E-state index contributed by atoms with van der Waals surface area (Å²) < 4.78 is 5.55. The van der Waals surface area contributed by atoms with E-state index in [4.69, 9.17) is 9.41 Å². The van der Waals surface area contributed by atoms with Gasteiger partial charge in [-0.05, 0) is 105 Å². The number of allylic oxidation sites excluding steroid dienone is 1. The van der Waals surface area contributed by atoms with Gasteiger partial charge in [-0.1, -0.05) is 31.2 Å². The molecular formula is C31H33N3O2S. The van der Waals surface area contributed by atoms with Crippen LogP contribution in [0.3, 0.4) is 0 Å². The van der Waals surface area contributed by atoms with Gasteiger partial charge in [-0.15, -0.1) is 0 Å². The lowest BCUT2D eigenvalue weighted by atomic mass is 9.86. The minimum absolute atomic E-state index is 0.0358. The number of benzene rings is 2. The Morgan fingerprint density at radius 3 is 2.57 bits per heavy atom. The van der Waals surface area contributed by atoms with E-state index in [0.29, 0.717) is 16.6 Å². The number of para-hydroxylation sites is 1. The molecule has 2 aliphatic heterocycles. The number of anilines is 1. The molecule has 3 heterocycles. The van der Waals surface area contributed by atoms with Crippen molar-refractivity contribution in [2.24, 2.45) is 4.99 Å². The predicted octanol–water partition coefficient (Wildman–Crippen LogP) is 7.80. The Morgan fingerprint density at radius 2 is 1.86 bits per heavy atom. The monoisotopic (exact) mass is 511 g/mol. The van der Waals surface area contributed by atoms with Crippen LogP contribution in [0.25, 0.3) is 11.6 Å². The zero-order valence-corrected chi connectivity index (χ0v) is 22.9. The molecule has 3 aromatic rings. The number of hydrogen-bond acceptors (Lipinski definition) is 5. The fourth-order valence-corrected chi connectivity index (χ4v) is 6.06. The summed E-state index contributed by atoms with van der Waals surface area (Å²) >= 11 is 1.41. The molecule has 6 heteroatoms. The van der Waals surface area contributed by atoms with E-state index in [0.717, 1.165) is 35.5 Å². The van der Waals surface area contributed by atoms with Crippen molar-refractivity contribution < 1.29 is 9.21 Å². The molecule has 0 spiro atoms. The molecule has 0 N–H and O–H groups in total. The number of fused-ring (bicyclic) bond motifs is 1. The number of rotatable bonds is 6. The lowest BCUT2D eigenvalue weighted by molar-refractivity contribution is -0.122. The van der Waals surface area contributed by atoms with Crippen LogP contribution >= 0.6 is 11.8 Å². The van der Waals surface area contributed by atoms with E-state index in [2.05, 4.69) is 57.7 Å². The van der Waals surface area contributed by atoms with Gasteiger partial charge >= 0.3 is 0 Å². The van der Waals surface area contributed by atoms with Gasteiger partial charge in [-0.25, -0.2) is 4.99 Å². The summed E-state index contributed by atoms with van der Waals surface area (Å²) in [5, 5.41) is 0.654. The van der Waals surface area contributed by atoms with Crippen LogP contribution in [0.4, 0.5) is 11.4 Å². The molecule has 1 aromatic heterocycles. The first-order valence-electron chi connectivity index (χ1n) is 12.8. The third-order valence-corrected chi connectivity index (χ3v) is 7.87. The van der Waals surface area contributed by atoms with Crippen LogP contribution in [0.5, 0.6) is 0 Å². The Hall–Kier alpha value is -3.51. The van der Waals surface area contributed by atoms with Crippen molar-refractivity contribution in [3.05, 3.63) is 94.3 Å². The number of aryl methyl sites for hydroxylation is 1. The van der Waals surface area contributed by atoms with Crippen LogP contribution in [-0.2, 0) is 11.3 Å². The third-order valence-electron chi connectivity index (χ3n) is 6.86. The van der Waals surface area contributed by atoms with Gasteiger partial charge < -0.3 is 9.32 Å². The number of furan rings is 1. The average molecular weight is 512 g/mol. The van der Waals surface area contributed by atoms with E-state index < -0.39 is 0 Å². The smallest absolute Gasteiger partial charge is 0.267 e. The summed E-state index contributed by atoms with van der Waals surface area (Å²) in [7, 11) is 0.